The van der Waals surface area contributed by atoms with Crippen LogP contribution in [0, 0.1) is 0 Å². The van der Waals surface area contributed by atoms with Crippen molar-refractivity contribution in [1.82, 2.24) is 15.5 Å². The van der Waals surface area contributed by atoms with Crippen LogP contribution < -0.4 is 10.6 Å². The molecule has 0 radical (unpaired) electrons. The maximum Gasteiger partial charge on any atom is 0.237 e. The summed E-state index contributed by atoms with van der Waals surface area (Å²) in [6.07, 6.45) is 0. The van der Waals surface area contributed by atoms with E-state index in [1.165, 1.54) is 0 Å². The highest BCUT2D eigenvalue weighted by atomic mass is 16.2. The highest BCUT2D eigenvalue weighted by Gasteiger charge is 2.24. The average Bonchev–Trinajstić information content (AvgIpc) is 2.11. The minimum absolute atomic E-state index is 0.0380. The van der Waals surface area contributed by atoms with Gasteiger partial charge in [0, 0.05) is 17.6 Å². The first-order chi connectivity index (χ1) is 7.46. The molecule has 0 saturated heterocycles. The molecule has 0 aromatic carbocycles. The molecule has 0 saturated carbocycles. The summed E-state index contributed by atoms with van der Waals surface area (Å²) in [5.41, 5.74) is -0.139. The normalized spacial score (nSPS) is 14.9. The maximum atomic E-state index is 11.9. The van der Waals surface area contributed by atoms with E-state index in [1.807, 2.05) is 41.8 Å². The Hall–Kier alpha value is -0.610. The van der Waals surface area contributed by atoms with Gasteiger partial charge in [0.05, 0.1) is 6.04 Å². The summed E-state index contributed by atoms with van der Waals surface area (Å²) in [7, 11) is 4.09. The first-order valence-electron chi connectivity index (χ1n) is 6.18. The lowest BCUT2D eigenvalue weighted by Crippen LogP contribution is -2.54. The van der Waals surface area contributed by atoms with Gasteiger partial charge in [-0.15, -0.1) is 0 Å². The van der Waals surface area contributed by atoms with E-state index in [-0.39, 0.29) is 23.0 Å². The monoisotopic (exact) mass is 243 g/mol. The molecular weight excluding hydrogens is 214 g/mol. The number of nitrogens with one attached hydrogen (secondary N) is 2. The van der Waals surface area contributed by atoms with Gasteiger partial charge in [0.15, 0.2) is 0 Å². The van der Waals surface area contributed by atoms with Crippen LogP contribution in [0.5, 0.6) is 0 Å². The molecule has 1 atom stereocenters. The van der Waals surface area contributed by atoms with E-state index in [1.54, 1.807) is 0 Å². The zero-order valence-corrected chi connectivity index (χ0v) is 12.6. The van der Waals surface area contributed by atoms with Gasteiger partial charge in [0.2, 0.25) is 5.91 Å². The topological polar surface area (TPSA) is 44.4 Å². The average molecular weight is 243 g/mol. The Morgan fingerprint density at radius 1 is 1.18 bits per heavy atom. The lowest BCUT2D eigenvalue weighted by molar-refractivity contribution is -0.124. The van der Waals surface area contributed by atoms with Crippen molar-refractivity contribution in [2.45, 2.75) is 58.7 Å². The first kappa shape index (κ1) is 16.4. The molecule has 0 aromatic rings. The van der Waals surface area contributed by atoms with Gasteiger partial charge < -0.3 is 15.5 Å². The molecule has 0 bridgehead atoms. The van der Waals surface area contributed by atoms with Crippen LogP contribution >= 0.6 is 0 Å². The Morgan fingerprint density at radius 2 is 1.65 bits per heavy atom. The molecular formula is C13H29N3O. The number of carbonyl (C=O) groups is 1. The van der Waals surface area contributed by atoms with Gasteiger partial charge in [-0.2, -0.15) is 0 Å². The van der Waals surface area contributed by atoms with E-state index in [0.29, 0.717) is 0 Å². The van der Waals surface area contributed by atoms with Crippen molar-refractivity contribution in [2.75, 3.05) is 20.6 Å². The summed E-state index contributed by atoms with van der Waals surface area (Å²) in [6, 6.07) is -0.173. The fraction of sp³-hybridized carbons (Fsp3) is 0.923. The van der Waals surface area contributed by atoms with Crippen LogP contribution in [0.2, 0.25) is 0 Å². The summed E-state index contributed by atoms with van der Waals surface area (Å²) in [5, 5.41) is 6.24. The van der Waals surface area contributed by atoms with E-state index in [0.717, 1.165) is 6.54 Å². The molecule has 102 valence electrons. The minimum atomic E-state index is -0.176. The molecule has 0 fully saturated rings. The number of carbonyl (C=O) groups excluding carboxylic acids is 1. The van der Waals surface area contributed by atoms with Crippen LogP contribution in [0.15, 0.2) is 0 Å². The Balaban J connectivity index is 4.19. The van der Waals surface area contributed by atoms with Crippen LogP contribution in [0.1, 0.15) is 41.5 Å². The first-order valence-corrected chi connectivity index (χ1v) is 6.18. The van der Waals surface area contributed by atoms with E-state index in [4.69, 9.17) is 0 Å². The van der Waals surface area contributed by atoms with Crippen LogP contribution in [-0.2, 0) is 4.79 Å². The minimum Gasteiger partial charge on any atom is -0.350 e. The van der Waals surface area contributed by atoms with E-state index in [9.17, 15) is 4.79 Å². The highest BCUT2D eigenvalue weighted by Crippen LogP contribution is 2.08. The zero-order valence-electron chi connectivity index (χ0n) is 12.6. The Kier molecular flexibility index (Phi) is 5.62. The molecule has 2 N–H and O–H groups in total. The van der Waals surface area contributed by atoms with Crippen LogP contribution in [0.4, 0.5) is 0 Å². The van der Waals surface area contributed by atoms with Gasteiger partial charge in [-0.25, -0.2) is 0 Å². The Morgan fingerprint density at radius 3 is 2.00 bits per heavy atom. The van der Waals surface area contributed by atoms with E-state index in [2.05, 4.69) is 29.4 Å². The fourth-order valence-electron chi connectivity index (χ4n) is 1.13. The van der Waals surface area contributed by atoms with Gasteiger partial charge in [-0.05, 0) is 55.6 Å². The number of rotatable bonds is 5. The second-order valence-electron chi connectivity index (χ2n) is 6.55. The van der Waals surface area contributed by atoms with Crippen molar-refractivity contribution in [3.8, 4) is 0 Å². The van der Waals surface area contributed by atoms with Crippen molar-refractivity contribution in [3.63, 3.8) is 0 Å². The number of amides is 1. The van der Waals surface area contributed by atoms with Crippen molar-refractivity contribution < 1.29 is 4.79 Å². The summed E-state index contributed by atoms with van der Waals surface area (Å²) >= 11 is 0. The van der Waals surface area contributed by atoms with Crippen molar-refractivity contribution in [3.05, 3.63) is 0 Å². The second kappa shape index (κ2) is 5.83. The van der Waals surface area contributed by atoms with Gasteiger partial charge >= 0.3 is 0 Å². The highest BCUT2D eigenvalue weighted by molar-refractivity contribution is 5.81. The molecule has 1 amide bonds. The molecule has 0 aliphatic carbocycles. The molecule has 4 nitrogen and oxygen atoms in total. The lowest BCUT2D eigenvalue weighted by atomic mass is 10.0. The van der Waals surface area contributed by atoms with Gasteiger partial charge in [-0.3, -0.25) is 4.79 Å². The number of nitrogens with zero attached hydrogens (tertiary/aromatic N) is 1. The summed E-state index contributed by atoms with van der Waals surface area (Å²) in [6.45, 7) is 12.9. The molecule has 0 rings (SSSR count). The van der Waals surface area contributed by atoms with Crippen LogP contribution in [0.3, 0.4) is 0 Å². The van der Waals surface area contributed by atoms with E-state index >= 15 is 0 Å². The fourth-order valence-corrected chi connectivity index (χ4v) is 1.13. The predicted octanol–water partition coefficient (Wildman–Crippen LogP) is 1.22. The standard InChI is InChI=1S/C13H29N3O/c1-10(11(17)15-12(2,3)4)14-9-13(5,6)16(7)8/h10,14H,9H2,1-8H3,(H,15,17). The zero-order chi connectivity index (χ0) is 13.9. The molecule has 1 unspecified atom stereocenters. The molecule has 0 heterocycles. The molecule has 17 heavy (non-hydrogen) atoms. The van der Waals surface area contributed by atoms with E-state index < -0.39 is 0 Å². The summed E-state index contributed by atoms with van der Waals surface area (Å²) in [5.74, 6) is 0.0482. The largest absolute Gasteiger partial charge is 0.350 e. The van der Waals surface area contributed by atoms with Gasteiger partial charge in [-0.1, -0.05) is 0 Å². The van der Waals surface area contributed by atoms with Crippen molar-refractivity contribution in [1.29, 1.82) is 0 Å². The van der Waals surface area contributed by atoms with Gasteiger partial charge in [0.1, 0.15) is 0 Å². The van der Waals surface area contributed by atoms with Crippen LogP contribution in [-0.4, -0.2) is 48.6 Å². The van der Waals surface area contributed by atoms with Crippen molar-refractivity contribution in [2.24, 2.45) is 0 Å². The maximum absolute atomic E-state index is 11.9. The molecule has 0 aliphatic heterocycles. The smallest absolute Gasteiger partial charge is 0.237 e. The molecule has 0 aliphatic rings. The Bertz CT molecular complexity index is 254. The quantitative estimate of drug-likeness (QED) is 0.763. The van der Waals surface area contributed by atoms with Crippen LogP contribution in [0.25, 0.3) is 0 Å². The molecule has 0 spiro atoms. The SMILES string of the molecule is CC(NCC(C)(C)N(C)C)C(=O)NC(C)(C)C. The molecule has 4 heteroatoms. The third-order valence-corrected chi connectivity index (χ3v) is 2.94. The summed E-state index contributed by atoms with van der Waals surface area (Å²) in [4.78, 5) is 14.0. The number of hydrogen-bond donors (Lipinski definition) is 2. The summed E-state index contributed by atoms with van der Waals surface area (Å²) < 4.78 is 0. The third kappa shape index (κ3) is 6.64. The lowest BCUT2D eigenvalue weighted by Gasteiger charge is -2.34. The predicted molar refractivity (Wildman–Crippen MR) is 73.1 cm³/mol. The Labute approximate surface area is 106 Å². The van der Waals surface area contributed by atoms with Gasteiger partial charge in [0.25, 0.3) is 0 Å². The number of hydrogen-bond acceptors (Lipinski definition) is 3. The second-order valence-corrected chi connectivity index (χ2v) is 6.55. The molecule has 0 aromatic heterocycles. The van der Waals surface area contributed by atoms with Crippen molar-refractivity contribution >= 4 is 5.91 Å². The third-order valence-electron chi connectivity index (χ3n) is 2.94. The number of likely N-dealkylation sites (N-methyl/N-ethyl adjacent to an activating group) is 1.